The summed E-state index contributed by atoms with van der Waals surface area (Å²) in [4.78, 5) is 10.6. The minimum atomic E-state index is -0.134. The molecule has 0 amide bonds. The van der Waals surface area contributed by atoms with E-state index in [0.717, 1.165) is 27.9 Å². The van der Waals surface area contributed by atoms with Gasteiger partial charge in [-0.05, 0) is 49.4 Å². The van der Waals surface area contributed by atoms with Crippen LogP contribution in [0, 0.1) is 0 Å². The highest BCUT2D eigenvalue weighted by Gasteiger charge is 2.19. The van der Waals surface area contributed by atoms with Crippen molar-refractivity contribution in [2.24, 2.45) is 5.73 Å². The predicted octanol–water partition coefficient (Wildman–Crippen LogP) is 3.62. The van der Waals surface area contributed by atoms with E-state index in [0.29, 0.717) is 0 Å². The number of aromatic nitrogens is 2. The SMILES string of the molecule is NC(c1ccc2ncccc2c1)c1nc2c(s1)CCCC2. The number of thiazole rings is 1. The highest BCUT2D eigenvalue weighted by atomic mass is 32.1. The van der Waals surface area contributed by atoms with Gasteiger partial charge in [0.2, 0.25) is 0 Å². The molecule has 0 bridgehead atoms. The van der Waals surface area contributed by atoms with E-state index in [1.807, 2.05) is 18.3 Å². The highest BCUT2D eigenvalue weighted by Crippen LogP contribution is 2.32. The summed E-state index contributed by atoms with van der Waals surface area (Å²) >= 11 is 1.79. The molecule has 106 valence electrons. The van der Waals surface area contributed by atoms with Crippen LogP contribution < -0.4 is 5.73 Å². The molecule has 0 saturated heterocycles. The molecule has 2 N–H and O–H groups in total. The molecule has 21 heavy (non-hydrogen) atoms. The number of hydrogen-bond acceptors (Lipinski definition) is 4. The van der Waals surface area contributed by atoms with Crippen molar-refractivity contribution in [1.29, 1.82) is 0 Å². The van der Waals surface area contributed by atoms with Crippen LogP contribution >= 0.6 is 11.3 Å². The molecule has 1 atom stereocenters. The average Bonchev–Trinajstić information content (AvgIpc) is 2.97. The molecule has 4 rings (SSSR count). The van der Waals surface area contributed by atoms with Crippen molar-refractivity contribution in [1.82, 2.24) is 9.97 Å². The van der Waals surface area contributed by atoms with Crippen molar-refractivity contribution in [3.05, 3.63) is 57.7 Å². The number of hydrogen-bond donors (Lipinski definition) is 1. The van der Waals surface area contributed by atoms with Gasteiger partial charge in [-0.2, -0.15) is 0 Å². The van der Waals surface area contributed by atoms with Crippen molar-refractivity contribution in [2.45, 2.75) is 31.7 Å². The lowest BCUT2D eigenvalue weighted by molar-refractivity contribution is 0.678. The molecule has 3 nitrogen and oxygen atoms in total. The van der Waals surface area contributed by atoms with Gasteiger partial charge in [0.1, 0.15) is 5.01 Å². The second kappa shape index (κ2) is 5.20. The summed E-state index contributed by atoms with van der Waals surface area (Å²) in [7, 11) is 0. The summed E-state index contributed by atoms with van der Waals surface area (Å²) < 4.78 is 0. The molecule has 2 heterocycles. The van der Waals surface area contributed by atoms with Crippen molar-refractivity contribution in [3.63, 3.8) is 0 Å². The number of aryl methyl sites for hydroxylation is 2. The van der Waals surface area contributed by atoms with Crippen LogP contribution in [0.4, 0.5) is 0 Å². The molecule has 4 heteroatoms. The minimum absolute atomic E-state index is 0.134. The molecule has 0 spiro atoms. The summed E-state index contributed by atoms with van der Waals surface area (Å²) in [5.41, 5.74) is 9.84. The zero-order valence-electron chi connectivity index (χ0n) is 11.7. The number of benzene rings is 1. The number of nitrogens with two attached hydrogens (primary N) is 1. The molecule has 1 aliphatic carbocycles. The topological polar surface area (TPSA) is 51.8 Å². The Morgan fingerprint density at radius 3 is 2.95 bits per heavy atom. The zero-order chi connectivity index (χ0) is 14.2. The van der Waals surface area contributed by atoms with Crippen molar-refractivity contribution in [2.75, 3.05) is 0 Å². The Morgan fingerprint density at radius 2 is 2.05 bits per heavy atom. The molecule has 1 unspecified atom stereocenters. The van der Waals surface area contributed by atoms with Crippen LogP contribution in [0.15, 0.2) is 36.5 Å². The lowest BCUT2D eigenvalue weighted by Gasteiger charge is -2.09. The number of fused-ring (bicyclic) bond motifs is 2. The first-order valence-electron chi connectivity index (χ1n) is 7.40. The molecule has 0 radical (unpaired) electrons. The number of rotatable bonds is 2. The van der Waals surface area contributed by atoms with Gasteiger partial charge in [-0.15, -0.1) is 11.3 Å². The molecular weight excluding hydrogens is 278 g/mol. The lowest BCUT2D eigenvalue weighted by atomic mass is 10.0. The Hall–Kier alpha value is -1.78. The Kier molecular flexibility index (Phi) is 3.20. The maximum atomic E-state index is 6.45. The second-order valence-corrected chi connectivity index (χ2v) is 6.68. The van der Waals surface area contributed by atoms with E-state index < -0.39 is 0 Å². The van der Waals surface area contributed by atoms with E-state index in [2.05, 4.69) is 23.2 Å². The predicted molar refractivity (Wildman–Crippen MR) is 86.5 cm³/mol. The van der Waals surface area contributed by atoms with Gasteiger partial charge >= 0.3 is 0 Å². The van der Waals surface area contributed by atoms with Gasteiger partial charge in [-0.1, -0.05) is 12.1 Å². The summed E-state index contributed by atoms with van der Waals surface area (Å²) in [5.74, 6) is 0. The van der Waals surface area contributed by atoms with Crippen molar-refractivity contribution in [3.8, 4) is 0 Å². The Balaban J connectivity index is 1.71. The molecule has 1 aliphatic rings. The second-order valence-electron chi connectivity index (χ2n) is 5.56. The van der Waals surface area contributed by atoms with Crippen molar-refractivity contribution >= 4 is 22.2 Å². The Labute approximate surface area is 127 Å². The largest absolute Gasteiger partial charge is 0.318 e. The maximum absolute atomic E-state index is 6.45. The molecule has 1 aromatic carbocycles. The fourth-order valence-corrected chi connectivity index (χ4v) is 4.12. The smallest absolute Gasteiger partial charge is 0.114 e. The molecular formula is C17H17N3S. The summed E-state index contributed by atoms with van der Waals surface area (Å²) in [6, 6.07) is 10.1. The minimum Gasteiger partial charge on any atom is -0.318 e. The summed E-state index contributed by atoms with van der Waals surface area (Å²) in [5, 5.41) is 2.18. The van der Waals surface area contributed by atoms with E-state index >= 15 is 0 Å². The third kappa shape index (κ3) is 2.34. The van der Waals surface area contributed by atoms with Crippen molar-refractivity contribution < 1.29 is 0 Å². The molecule has 0 aliphatic heterocycles. The molecule has 3 aromatic rings. The third-order valence-electron chi connectivity index (χ3n) is 4.11. The molecule has 0 saturated carbocycles. The molecule has 2 aromatic heterocycles. The first-order valence-corrected chi connectivity index (χ1v) is 8.21. The average molecular weight is 295 g/mol. The van der Waals surface area contributed by atoms with Crippen LogP contribution in [0.25, 0.3) is 10.9 Å². The highest BCUT2D eigenvalue weighted by molar-refractivity contribution is 7.11. The third-order valence-corrected chi connectivity index (χ3v) is 5.35. The van der Waals surface area contributed by atoms with E-state index in [1.54, 1.807) is 11.3 Å². The van der Waals surface area contributed by atoms with Crippen LogP contribution in [-0.2, 0) is 12.8 Å². The molecule has 0 fully saturated rings. The van der Waals surface area contributed by atoms with Crippen LogP contribution in [0.2, 0.25) is 0 Å². The maximum Gasteiger partial charge on any atom is 0.114 e. The quantitative estimate of drug-likeness (QED) is 0.785. The van der Waals surface area contributed by atoms with Crippen LogP contribution in [0.1, 0.15) is 40.0 Å². The first kappa shape index (κ1) is 12.9. The number of nitrogens with zero attached hydrogens (tertiary/aromatic N) is 2. The van der Waals surface area contributed by atoms with Gasteiger partial charge in [-0.3, -0.25) is 4.98 Å². The Bertz CT molecular complexity index is 770. The standard InChI is InChI=1S/C17H17N3S/c18-16(17-20-14-5-1-2-6-15(14)21-17)12-7-8-13-11(10-12)4-3-9-19-13/h3-4,7-10,16H,1-2,5-6,18H2. The van der Waals surface area contributed by atoms with Gasteiger partial charge in [0.15, 0.2) is 0 Å². The van der Waals surface area contributed by atoms with E-state index in [9.17, 15) is 0 Å². The first-order chi connectivity index (χ1) is 10.3. The lowest BCUT2D eigenvalue weighted by Crippen LogP contribution is -2.11. The van der Waals surface area contributed by atoms with E-state index in [4.69, 9.17) is 10.7 Å². The van der Waals surface area contributed by atoms with Gasteiger partial charge in [-0.25, -0.2) is 4.98 Å². The van der Waals surface area contributed by atoms with Gasteiger partial charge in [0.05, 0.1) is 17.3 Å². The van der Waals surface area contributed by atoms with Gasteiger partial charge in [0, 0.05) is 16.5 Å². The summed E-state index contributed by atoms with van der Waals surface area (Å²) in [6.45, 7) is 0. The van der Waals surface area contributed by atoms with E-state index in [1.165, 1.54) is 29.8 Å². The van der Waals surface area contributed by atoms with Gasteiger partial charge in [0.25, 0.3) is 0 Å². The van der Waals surface area contributed by atoms with Crippen LogP contribution in [0.3, 0.4) is 0 Å². The number of pyridine rings is 1. The van der Waals surface area contributed by atoms with E-state index in [-0.39, 0.29) is 6.04 Å². The van der Waals surface area contributed by atoms with Crippen LogP contribution in [0.5, 0.6) is 0 Å². The monoisotopic (exact) mass is 295 g/mol. The Morgan fingerprint density at radius 1 is 1.14 bits per heavy atom. The zero-order valence-corrected chi connectivity index (χ0v) is 12.6. The van der Waals surface area contributed by atoms with Gasteiger partial charge < -0.3 is 5.73 Å². The van der Waals surface area contributed by atoms with Crippen LogP contribution in [-0.4, -0.2) is 9.97 Å². The fourth-order valence-electron chi connectivity index (χ4n) is 2.94. The normalized spacial score (nSPS) is 15.9. The summed E-state index contributed by atoms with van der Waals surface area (Å²) in [6.07, 6.45) is 6.64. The fraction of sp³-hybridized carbons (Fsp3) is 0.294.